The van der Waals surface area contributed by atoms with Crippen molar-refractivity contribution in [2.75, 3.05) is 13.1 Å². The van der Waals surface area contributed by atoms with Gasteiger partial charge in [-0.2, -0.15) is 0 Å². The fourth-order valence-electron chi connectivity index (χ4n) is 1.97. The lowest BCUT2D eigenvalue weighted by Gasteiger charge is -2.33. The number of rotatable bonds is 2. The summed E-state index contributed by atoms with van der Waals surface area (Å²) in [6, 6.07) is 0. The van der Waals surface area contributed by atoms with Crippen LogP contribution in [0, 0.1) is 12.8 Å². The minimum Gasteiger partial charge on any atom is -0.391 e. The first-order valence-corrected chi connectivity index (χ1v) is 7.01. The van der Waals surface area contributed by atoms with E-state index in [9.17, 15) is 9.90 Å². The van der Waals surface area contributed by atoms with E-state index in [0.717, 1.165) is 23.7 Å². The first-order chi connectivity index (χ1) is 8.56. The third kappa shape index (κ3) is 3.17. The molecule has 0 aliphatic carbocycles. The van der Waals surface area contributed by atoms with Crippen molar-refractivity contribution in [1.82, 2.24) is 9.88 Å². The number of thiazole rings is 1. The van der Waals surface area contributed by atoms with Crippen LogP contribution in [-0.2, 0) is 4.79 Å². The Balaban J connectivity index is 1.94. The van der Waals surface area contributed by atoms with E-state index in [0.29, 0.717) is 6.54 Å². The third-order valence-electron chi connectivity index (χ3n) is 3.26. The van der Waals surface area contributed by atoms with Crippen molar-refractivity contribution in [3.05, 3.63) is 22.2 Å². The van der Waals surface area contributed by atoms with Crippen molar-refractivity contribution in [2.24, 2.45) is 5.92 Å². The lowest BCUT2D eigenvalue weighted by atomic mass is 9.96. The molecule has 1 saturated heterocycles. The van der Waals surface area contributed by atoms with Crippen LogP contribution in [0.3, 0.4) is 0 Å². The topological polar surface area (TPSA) is 53.4 Å². The molecule has 4 nitrogen and oxygen atoms in total. The molecule has 0 radical (unpaired) electrons. The van der Waals surface area contributed by atoms with Crippen LogP contribution in [0.25, 0.3) is 6.08 Å². The molecule has 0 spiro atoms. The minimum absolute atomic E-state index is 0.0494. The predicted molar refractivity (Wildman–Crippen MR) is 72.3 cm³/mol. The summed E-state index contributed by atoms with van der Waals surface area (Å²) in [4.78, 5) is 17.9. The SMILES string of the molecule is Cc1nc(/C=C/C(=O)N2CCC(C)C(O)C2)cs1. The van der Waals surface area contributed by atoms with E-state index in [2.05, 4.69) is 4.98 Å². The van der Waals surface area contributed by atoms with Gasteiger partial charge in [0.15, 0.2) is 0 Å². The summed E-state index contributed by atoms with van der Waals surface area (Å²) in [5.41, 5.74) is 0.816. The molecule has 98 valence electrons. The van der Waals surface area contributed by atoms with E-state index in [4.69, 9.17) is 0 Å². The van der Waals surface area contributed by atoms with Gasteiger partial charge >= 0.3 is 0 Å². The van der Waals surface area contributed by atoms with Gasteiger partial charge in [-0.05, 0) is 25.3 Å². The molecule has 1 aliphatic rings. The lowest BCUT2D eigenvalue weighted by Crippen LogP contribution is -2.45. The normalized spacial score (nSPS) is 24.7. The Labute approximate surface area is 111 Å². The maximum Gasteiger partial charge on any atom is 0.246 e. The highest BCUT2D eigenvalue weighted by Gasteiger charge is 2.26. The van der Waals surface area contributed by atoms with Crippen LogP contribution in [0.5, 0.6) is 0 Å². The van der Waals surface area contributed by atoms with Crippen molar-refractivity contribution >= 4 is 23.3 Å². The molecule has 1 aliphatic heterocycles. The molecule has 1 fully saturated rings. The van der Waals surface area contributed by atoms with Gasteiger partial charge in [-0.15, -0.1) is 11.3 Å². The number of piperidine rings is 1. The van der Waals surface area contributed by atoms with Gasteiger partial charge < -0.3 is 10.0 Å². The monoisotopic (exact) mass is 266 g/mol. The number of hydrogen-bond donors (Lipinski definition) is 1. The zero-order valence-electron chi connectivity index (χ0n) is 10.7. The predicted octanol–water partition coefficient (Wildman–Crippen LogP) is 1.69. The molecule has 2 rings (SSSR count). The molecule has 1 N–H and O–H groups in total. The second-order valence-corrected chi connectivity index (χ2v) is 5.80. The molecule has 0 aromatic carbocycles. The molecule has 0 bridgehead atoms. The van der Waals surface area contributed by atoms with Crippen LogP contribution < -0.4 is 0 Å². The molecule has 1 amide bonds. The number of aromatic nitrogens is 1. The Kier molecular flexibility index (Phi) is 4.14. The molecule has 1 aromatic rings. The summed E-state index contributed by atoms with van der Waals surface area (Å²) in [6.45, 7) is 5.10. The van der Waals surface area contributed by atoms with E-state index in [1.165, 1.54) is 6.08 Å². The Morgan fingerprint density at radius 3 is 3.06 bits per heavy atom. The smallest absolute Gasteiger partial charge is 0.246 e. The van der Waals surface area contributed by atoms with E-state index in [1.807, 2.05) is 19.2 Å². The second kappa shape index (κ2) is 5.63. The molecular formula is C13H18N2O2S. The van der Waals surface area contributed by atoms with Gasteiger partial charge in [0.25, 0.3) is 0 Å². The quantitative estimate of drug-likeness (QED) is 0.829. The summed E-state index contributed by atoms with van der Waals surface area (Å²) in [5.74, 6) is 0.228. The first-order valence-electron chi connectivity index (χ1n) is 6.13. The van der Waals surface area contributed by atoms with Crippen LogP contribution in [0.4, 0.5) is 0 Å². The molecule has 0 saturated carbocycles. The van der Waals surface area contributed by atoms with Crippen LogP contribution in [0.2, 0.25) is 0 Å². The highest BCUT2D eigenvalue weighted by Crippen LogP contribution is 2.17. The van der Waals surface area contributed by atoms with Gasteiger partial charge in [-0.25, -0.2) is 4.98 Å². The Morgan fingerprint density at radius 1 is 1.67 bits per heavy atom. The Bertz CT molecular complexity index is 456. The van der Waals surface area contributed by atoms with E-state index in [-0.39, 0.29) is 11.8 Å². The fourth-order valence-corrected chi connectivity index (χ4v) is 2.55. The van der Waals surface area contributed by atoms with Crippen molar-refractivity contribution < 1.29 is 9.90 Å². The highest BCUT2D eigenvalue weighted by molar-refractivity contribution is 7.09. The van der Waals surface area contributed by atoms with Crippen LogP contribution in [0.1, 0.15) is 24.0 Å². The Hall–Kier alpha value is -1.20. The summed E-state index contributed by atoms with van der Waals surface area (Å²) >= 11 is 1.57. The standard InChI is InChI=1S/C13H18N2O2S/c1-9-5-6-15(7-12(9)16)13(17)4-3-11-8-18-10(2)14-11/h3-4,8-9,12,16H,5-7H2,1-2H3/b4-3+. The number of hydrogen-bond acceptors (Lipinski definition) is 4. The van der Waals surface area contributed by atoms with Crippen molar-refractivity contribution in [3.8, 4) is 0 Å². The number of amides is 1. The Morgan fingerprint density at radius 2 is 2.44 bits per heavy atom. The van der Waals surface area contributed by atoms with Crippen molar-refractivity contribution in [3.63, 3.8) is 0 Å². The lowest BCUT2D eigenvalue weighted by molar-refractivity contribution is -0.130. The van der Waals surface area contributed by atoms with Crippen LogP contribution in [0.15, 0.2) is 11.5 Å². The van der Waals surface area contributed by atoms with Crippen LogP contribution >= 0.6 is 11.3 Å². The number of aliphatic hydroxyl groups excluding tert-OH is 1. The van der Waals surface area contributed by atoms with E-state index in [1.54, 1.807) is 22.3 Å². The molecule has 1 aromatic heterocycles. The third-order valence-corrected chi connectivity index (χ3v) is 4.06. The number of likely N-dealkylation sites (tertiary alicyclic amines) is 1. The van der Waals surface area contributed by atoms with Crippen molar-refractivity contribution in [1.29, 1.82) is 0 Å². The van der Waals surface area contributed by atoms with E-state index < -0.39 is 6.10 Å². The molecule has 18 heavy (non-hydrogen) atoms. The molecular weight excluding hydrogens is 248 g/mol. The van der Waals surface area contributed by atoms with Gasteiger partial charge in [0, 0.05) is 24.5 Å². The van der Waals surface area contributed by atoms with Gasteiger partial charge in [-0.3, -0.25) is 4.79 Å². The average Bonchev–Trinajstić information content (AvgIpc) is 2.75. The van der Waals surface area contributed by atoms with Gasteiger partial charge in [0.2, 0.25) is 5.91 Å². The largest absolute Gasteiger partial charge is 0.391 e. The first kappa shape index (κ1) is 13.2. The summed E-state index contributed by atoms with van der Waals surface area (Å²) in [6.07, 6.45) is 3.72. The number of carbonyl (C=O) groups is 1. The highest BCUT2D eigenvalue weighted by atomic mass is 32.1. The summed E-state index contributed by atoms with van der Waals surface area (Å²) in [7, 11) is 0. The number of aliphatic hydroxyl groups is 1. The molecule has 2 heterocycles. The van der Waals surface area contributed by atoms with Crippen molar-refractivity contribution in [2.45, 2.75) is 26.4 Å². The fraction of sp³-hybridized carbons (Fsp3) is 0.538. The summed E-state index contributed by atoms with van der Waals surface area (Å²) < 4.78 is 0. The molecule has 5 heteroatoms. The second-order valence-electron chi connectivity index (χ2n) is 4.74. The minimum atomic E-state index is -0.405. The zero-order chi connectivity index (χ0) is 13.1. The van der Waals surface area contributed by atoms with Gasteiger partial charge in [0.1, 0.15) is 0 Å². The molecule has 2 atom stereocenters. The summed E-state index contributed by atoms with van der Waals surface area (Å²) in [5, 5.41) is 12.7. The number of aryl methyl sites for hydroxylation is 1. The number of β-amino-alcohol motifs (C(OH)–C–C–N with tert-alkyl or cyclic N) is 1. The zero-order valence-corrected chi connectivity index (χ0v) is 11.5. The van der Waals surface area contributed by atoms with E-state index >= 15 is 0 Å². The number of nitrogens with zero attached hydrogens (tertiary/aromatic N) is 2. The maximum absolute atomic E-state index is 11.9. The molecule has 2 unspecified atom stereocenters. The van der Waals surface area contributed by atoms with Gasteiger partial charge in [-0.1, -0.05) is 6.92 Å². The van der Waals surface area contributed by atoms with Crippen LogP contribution in [-0.4, -0.2) is 40.1 Å². The van der Waals surface area contributed by atoms with Gasteiger partial charge in [0.05, 0.1) is 16.8 Å². The maximum atomic E-state index is 11.9. The number of carbonyl (C=O) groups excluding carboxylic acids is 1. The average molecular weight is 266 g/mol.